The van der Waals surface area contributed by atoms with Gasteiger partial charge in [-0.15, -0.1) is 0 Å². The Balaban J connectivity index is 2.28. The van der Waals surface area contributed by atoms with Crippen LogP contribution in [-0.4, -0.2) is 14.7 Å². The Morgan fingerprint density at radius 3 is 2.58 bits per heavy atom. The number of aromatic hydroxyl groups is 1. The fourth-order valence-corrected chi connectivity index (χ4v) is 3.74. The smallest absolute Gasteiger partial charge is 0.182 e. The number of aromatic nitrogens is 2. The van der Waals surface area contributed by atoms with E-state index in [0.717, 1.165) is 43.6 Å². The molecule has 0 fully saturated rings. The van der Waals surface area contributed by atoms with E-state index in [0.29, 0.717) is 0 Å². The minimum absolute atomic E-state index is 0.0240. The van der Waals surface area contributed by atoms with Crippen LogP contribution in [0.5, 0.6) is 5.75 Å². The molecule has 3 aromatic carbocycles. The van der Waals surface area contributed by atoms with Gasteiger partial charge in [0.05, 0.1) is 11.0 Å². The lowest BCUT2D eigenvalue weighted by atomic mass is 9.98. The van der Waals surface area contributed by atoms with Crippen LogP contribution in [0, 0.1) is 0 Å². The van der Waals surface area contributed by atoms with Crippen molar-refractivity contribution in [3.8, 4) is 5.75 Å². The van der Waals surface area contributed by atoms with Crippen molar-refractivity contribution in [2.75, 3.05) is 0 Å². The molecule has 0 spiro atoms. The van der Waals surface area contributed by atoms with E-state index in [1.807, 2.05) is 31.3 Å². The summed E-state index contributed by atoms with van der Waals surface area (Å²) in [6.45, 7) is 0. The summed E-state index contributed by atoms with van der Waals surface area (Å²) >= 11 is 0. The Morgan fingerprint density at radius 2 is 1.71 bits per heavy atom. The van der Waals surface area contributed by atoms with E-state index in [4.69, 9.17) is 0 Å². The highest BCUT2D eigenvalue weighted by Crippen LogP contribution is 2.37. The molecule has 116 valence electrons. The number of para-hydroxylation sites is 1. The van der Waals surface area contributed by atoms with E-state index in [9.17, 15) is 9.90 Å². The number of H-pyrrole nitrogens is 1. The fourth-order valence-electron chi connectivity index (χ4n) is 3.74. The zero-order chi connectivity index (χ0) is 16.4. The molecule has 0 amide bonds. The molecule has 0 aliphatic carbocycles. The lowest BCUT2D eigenvalue weighted by molar-refractivity contribution is 0.476. The minimum atomic E-state index is -0.0240. The van der Waals surface area contributed by atoms with Crippen molar-refractivity contribution in [1.82, 2.24) is 9.55 Å². The Kier molecular flexibility index (Phi) is 2.41. The topological polar surface area (TPSA) is 58.0 Å². The molecule has 2 heterocycles. The molecular weight excluding hydrogens is 300 g/mol. The number of rotatable bonds is 0. The Bertz CT molecular complexity index is 1340. The predicted molar refractivity (Wildman–Crippen MR) is 97.7 cm³/mol. The molecule has 0 aliphatic heterocycles. The van der Waals surface area contributed by atoms with Gasteiger partial charge in [-0.3, -0.25) is 4.79 Å². The maximum atomic E-state index is 12.2. The number of fused-ring (bicyclic) bond motifs is 4. The average molecular weight is 314 g/mol. The first kappa shape index (κ1) is 13.2. The third kappa shape index (κ3) is 1.60. The van der Waals surface area contributed by atoms with Gasteiger partial charge in [-0.1, -0.05) is 18.2 Å². The lowest BCUT2D eigenvalue weighted by Crippen LogP contribution is -2.05. The number of nitrogens with one attached hydrogen (secondary N) is 1. The van der Waals surface area contributed by atoms with Gasteiger partial charge < -0.3 is 14.7 Å². The number of hydrogen-bond donors (Lipinski definition) is 2. The number of phenolic OH excluding ortho intramolecular Hbond substituents is 1. The third-order valence-electron chi connectivity index (χ3n) is 4.78. The maximum Gasteiger partial charge on any atom is 0.182 e. The quantitative estimate of drug-likeness (QED) is 0.335. The first-order chi connectivity index (χ1) is 11.6. The summed E-state index contributed by atoms with van der Waals surface area (Å²) in [5, 5.41) is 14.1. The van der Waals surface area contributed by atoms with Gasteiger partial charge in [0.1, 0.15) is 5.75 Å². The highest BCUT2D eigenvalue weighted by molar-refractivity contribution is 6.27. The summed E-state index contributed by atoms with van der Waals surface area (Å²) in [6, 6.07) is 16.7. The molecule has 0 radical (unpaired) electrons. The third-order valence-corrected chi connectivity index (χ3v) is 4.78. The lowest BCUT2D eigenvalue weighted by Gasteiger charge is -2.17. The van der Waals surface area contributed by atoms with Crippen molar-refractivity contribution in [2.45, 2.75) is 0 Å². The Labute approximate surface area is 136 Å². The minimum Gasteiger partial charge on any atom is -0.508 e. The number of aryl methyl sites for hydroxylation is 1. The molecule has 0 bridgehead atoms. The molecule has 5 aromatic rings. The van der Waals surface area contributed by atoms with E-state index in [1.165, 1.54) is 0 Å². The van der Waals surface area contributed by atoms with Gasteiger partial charge in [-0.2, -0.15) is 0 Å². The zero-order valence-corrected chi connectivity index (χ0v) is 13.0. The Morgan fingerprint density at radius 1 is 0.875 bits per heavy atom. The molecule has 24 heavy (non-hydrogen) atoms. The van der Waals surface area contributed by atoms with E-state index in [2.05, 4.69) is 15.6 Å². The van der Waals surface area contributed by atoms with Crippen molar-refractivity contribution in [2.24, 2.45) is 7.05 Å². The first-order valence-corrected chi connectivity index (χ1v) is 7.79. The van der Waals surface area contributed by atoms with E-state index < -0.39 is 0 Å². The SMILES string of the molecule is Cn1c2ccccc2c2c3cc(O)ccc3[nH]c3cc(=O)cc1c32. The van der Waals surface area contributed by atoms with E-state index in [1.54, 1.807) is 24.3 Å². The van der Waals surface area contributed by atoms with Crippen molar-refractivity contribution >= 4 is 43.6 Å². The van der Waals surface area contributed by atoms with Crippen LogP contribution >= 0.6 is 0 Å². The van der Waals surface area contributed by atoms with Crippen LogP contribution in [0.1, 0.15) is 0 Å². The molecule has 0 atom stereocenters. The van der Waals surface area contributed by atoms with Crippen molar-refractivity contribution in [1.29, 1.82) is 0 Å². The molecule has 2 aromatic heterocycles. The fraction of sp³-hybridized carbons (Fsp3) is 0.0500. The van der Waals surface area contributed by atoms with Crippen LogP contribution in [0.2, 0.25) is 0 Å². The molecule has 0 saturated carbocycles. The number of benzene rings is 3. The van der Waals surface area contributed by atoms with Gasteiger partial charge >= 0.3 is 0 Å². The van der Waals surface area contributed by atoms with Crippen molar-refractivity contribution < 1.29 is 5.11 Å². The second-order valence-electron chi connectivity index (χ2n) is 6.17. The van der Waals surface area contributed by atoms with E-state index in [-0.39, 0.29) is 11.2 Å². The second-order valence-corrected chi connectivity index (χ2v) is 6.17. The standard InChI is InChI=1S/C20H14N2O2/c1-22-17-5-3-2-4-13(17)19-14-8-11(23)6-7-15(14)21-16-9-12(24)10-18(22)20(16)19/h2-10,21,23H,1H3. The Hall–Kier alpha value is -3.27. The first-order valence-electron chi connectivity index (χ1n) is 7.79. The maximum absolute atomic E-state index is 12.2. The van der Waals surface area contributed by atoms with Gasteiger partial charge in [0, 0.05) is 51.8 Å². The largest absolute Gasteiger partial charge is 0.508 e. The van der Waals surface area contributed by atoms with Crippen LogP contribution in [-0.2, 0) is 7.05 Å². The highest BCUT2D eigenvalue weighted by Gasteiger charge is 2.14. The normalized spacial score (nSPS) is 11.9. The van der Waals surface area contributed by atoms with Crippen LogP contribution < -0.4 is 5.43 Å². The predicted octanol–water partition coefficient (Wildman–Crippen LogP) is 4.03. The number of nitrogens with zero attached hydrogens (tertiary/aromatic N) is 1. The average Bonchev–Trinajstić information content (AvgIpc) is 2.58. The number of pyridine rings is 2. The van der Waals surface area contributed by atoms with Gasteiger partial charge in [0.15, 0.2) is 5.43 Å². The van der Waals surface area contributed by atoms with Gasteiger partial charge in [-0.25, -0.2) is 0 Å². The molecule has 5 rings (SSSR count). The molecule has 0 saturated heterocycles. The number of aromatic amines is 1. The van der Waals surface area contributed by atoms with E-state index >= 15 is 0 Å². The molecule has 0 unspecified atom stereocenters. The highest BCUT2D eigenvalue weighted by atomic mass is 16.3. The summed E-state index contributed by atoms with van der Waals surface area (Å²) in [4.78, 5) is 15.5. The molecule has 4 heteroatoms. The molecule has 4 nitrogen and oxygen atoms in total. The summed E-state index contributed by atoms with van der Waals surface area (Å²) in [5.41, 5.74) is 3.61. The molecule has 2 N–H and O–H groups in total. The summed E-state index contributed by atoms with van der Waals surface area (Å²) in [5.74, 6) is 0.227. The summed E-state index contributed by atoms with van der Waals surface area (Å²) in [6.07, 6.45) is 0. The van der Waals surface area contributed by atoms with Crippen molar-refractivity contribution in [3.05, 3.63) is 64.8 Å². The van der Waals surface area contributed by atoms with Gasteiger partial charge in [-0.05, 0) is 24.3 Å². The molecule has 0 aliphatic rings. The number of phenols is 1. The van der Waals surface area contributed by atoms with Crippen LogP contribution in [0.3, 0.4) is 0 Å². The summed E-state index contributed by atoms with van der Waals surface area (Å²) < 4.78 is 2.05. The van der Waals surface area contributed by atoms with Crippen molar-refractivity contribution in [3.63, 3.8) is 0 Å². The van der Waals surface area contributed by atoms with Gasteiger partial charge in [0.25, 0.3) is 0 Å². The number of hydrogen-bond acceptors (Lipinski definition) is 2. The van der Waals surface area contributed by atoms with Crippen LogP contribution in [0.4, 0.5) is 0 Å². The monoisotopic (exact) mass is 314 g/mol. The molecular formula is C20H14N2O2. The second kappa shape index (κ2) is 4.38. The zero-order valence-electron chi connectivity index (χ0n) is 13.0. The van der Waals surface area contributed by atoms with Crippen LogP contribution in [0.25, 0.3) is 43.6 Å². The van der Waals surface area contributed by atoms with Gasteiger partial charge in [0.2, 0.25) is 0 Å². The van der Waals surface area contributed by atoms with Crippen LogP contribution in [0.15, 0.2) is 59.4 Å². The summed E-state index contributed by atoms with van der Waals surface area (Å²) in [7, 11) is 1.97.